The van der Waals surface area contributed by atoms with E-state index >= 15 is 0 Å². The normalized spacial score (nSPS) is 9.42. The molecule has 0 unspecified atom stereocenters. The van der Waals surface area contributed by atoms with Gasteiger partial charge in [-0.15, -0.1) is 0 Å². The Morgan fingerprint density at radius 1 is 1.12 bits per heavy atom. The molecule has 7 heteroatoms. The second kappa shape index (κ2) is 9.04. The number of carbonyl (C=O) groups is 2. The van der Waals surface area contributed by atoms with Crippen molar-refractivity contribution in [3.8, 4) is 0 Å². The van der Waals surface area contributed by atoms with E-state index in [1.807, 2.05) is 0 Å². The van der Waals surface area contributed by atoms with Gasteiger partial charge in [-0.25, -0.2) is 4.79 Å². The van der Waals surface area contributed by atoms with Gasteiger partial charge in [0.1, 0.15) is 0 Å². The Labute approximate surface area is 139 Å². The number of anilines is 1. The van der Waals surface area contributed by atoms with Crippen molar-refractivity contribution < 1.29 is 19.2 Å². The average Bonchev–Trinajstić information content (AvgIpc) is 2.56. The number of hydrogen-bond donors (Lipinski definition) is 1. The number of rotatable bonds is 4. The zero-order chi connectivity index (χ0) is 18.1. The lowest BCUT2D eigenvalue weighted by molar-refractivity contribution is -0.384. The van der Waals surface area contributed by atoms with Crippen molar-refractivity contribution in [3.05, 3.63) is 69.8 Å². The second-order valence-corrected chi connectivity index (χ2v) is 4.71. The van der Waals surface area contributed by atoms with Gasteiger partial charge in [0.05, 0.1) is 17.1 Å². The number of hydrogen-bond acceptors (Lipinski definition) is 6. The molecule has 126 valence electrons. The Morgan fingerprint density at radius 3 is 2.25 bits per heavy atom. The third-order valence-electron chi connectivity index (χ3n) is 2.89. The Kier molecular flexibility index (Phi) is 7.09. The van der Waals surface area contributed by atoms with Crippen molar-refractivity contribution >= 4 is 23.1 Å². The number of Topliss-reactive ketones (excluding diaryl/α,β-unsaturated/α-hetero) is 1. The summed E-state index contributed by atoms with van der Waals surface area (Å²) < 4.78 is 4.79. The number of benzene rings is 2. The topological polar surface area (TPSA) is 113 Å². The first kappa shape index (κ1) is 18.8. The number of carbonyl (C=O) groups excluding carboxylic acids is 2. The molecular formula is C17H18N2O5. The largest absolute Gasteiger partial charge is 0.462 e. The first-order valence-electron chi connectivity index (χ1n) is 7.13. The highest BCUT2D eigenvalue weighted by atomic mass is 16.6. The summed E-state index contributed by atoms with van der Waals surface area (Å²) in [5, 5.41) is 10.3. The molecule has 0 amide bonds. The minimum absolute atomic E-state index is 0.0531. The summed E-state index contributed by atoms with van der Waals surface area (Å²) >= 11 is 0. The van der Waals surface area contributed by atoms with E-state index in [1.54, 1.807) is 37.3 Å². The fourth-order valence-corrected chi connectivity index (χ4v) is 1.67. The zero-order valence-corrected chi connectivity index (χ0v) is 13.4. The molecule has 0 aliphatic heterocycles. The Balaban J connectivity index is 0.000000240. The predicted molar refractivity (Wildman–Crippen MR) is 89.9 cm³/mol. The fraction of sp³-hybridized carbons (Fsp3) is 0.176. The van der Waals surface area contributed by atoms with Crippen molar-refractivity contribution in [3.63, 3.8) is 0 Å². The van der Waals surface area contributed by atoms with E-state index in [-0.39, 0.29) is 17.4 Å². The van der Waals surface area contributed by atoms with Crippen molar-refractivity contribution in [2.45, 2.75) is 13.8 Å². The first-order valence-corrected chi connectivity index (χ1v) is 7.13. The molecule has 2 rings (SSSR count). The molecular weight excluding hydrogens is 312 g/mol. The maximum Gasteiger partial charge on any atom is 0.338 e. The molecule has 2 aromatic carbocycles. The number of nitrogen functional groups attached to an aromatic ring is 1. The summed E-state index contributed by atoms with van der Waals surface area (Å²) in [5.74, 6) is -0.476. The van der Waals surface area contributed by atoms with Crippen molar-refractivity contribution in [1.29, 1.82) is 0 Å². The van der Waals surface area contributed by atoms with Crippen LogP contribution in [0.2, 0.25) is 0 Å². The van der Waals surface area contributed by atoms with Gasteiger partial charge in [-0.2, -0.15) is 0 Å². The molecule has 24 heavy (non-hydrogen) atoms. The first-order chi connectivity index (χ1) is 11.3. The minimum Gasteiger partial charge on any atom is -0.462 e. The third kappa shape index (κ3) is 5.88. The van der Waals surface area contributed by atoms with E-state index in [2.05, 4.69) is 0 Å². The lowest BCUT2D eigenvalue weighted by atomic mass is 10.1. The van der Waals surface area contributed by atoms with Gasteiger partial charge in [0.2, 0.25) is 0 Å². The van der Waals surface area contributed by atoms with Crippen molar-refractivity contribution in [2.75, 3.05) is 12.3 Å². The highest BCUT2D eigenvalue weighted by molar-refractivity contribution is 5.94. The molecule has 0 saturated carbocycles. The van der Waals surface area contributed by atoms with Gasteiger partial charge < -0.3 is 10.5 Å². The lowest BCUT2D eigenvalue weighted by Crippen LogP contribution is -2.04. The number of ether oxygens (including phenoxy) is 1. The molecule has 0 bridgehead atoms. The Morgan fingerprint density at radius 2 is 1.75 bits per heavy atom. The molecule has 0 aliphatic rings. The Hall–Kier alpha value is -3.22. The number of non-ortho nitro benzene ring substituents is 1. The molecule has 0 saturated heterocycles. The van der Waals surface area contributed by atoms with Crippen LogP contribution >= 0.6 is 0 Å². The quantitative estimate of drug-likeness (QED) is 0.303. The number of nitrogens with two attached hydrogens (primary N) is 1. The van der Waals surface area contributed by atoms with E-state index < -0.39 is 4.92 Å². The monoisotopic (exact) mass is 330 g/mol. The summed E-state index contributed by atoms with van der Waals surface area (Å²) in [6, 6.07) is 12.3. The number of nitro benzene ring substituents is 1. The van der Waals surface area contributed by atoms with Crippen LogP contribution in [-0.2, 0) is 4.74 Å². The molecule has 2 aromatic rings. The van der Waals surface area contributed by atoms with E-state index in [1.165, 1.54) is 25.1 Å². The van der Waals surface area contributed by atoms with E-state index in [0.717, 1.165) is 0 Å². The molecule has 0 spiro atoms. The van der Waals surface area contributed by atoms with Crippen LogP contribution in [0.4, 0.5) is 11.4 Å². The van der Waals surface area contributed by atoms with Crippen LogP contribution in [0.15, 0.2) is 48.5 Å². The number of ketones is 1. The minimum atomic E-state index is -0.521. The standard InChI is InChI=1S/C9H11NO2.C8H7NO3/c1-2-12-9(11)7-3-5-8(10)6-4-7;1-6(10)7-3-2-4-8(5-7)9(11)12/h3-6H,2,10H2,1H3;2-5H,1H3. The van der Waals surface area contributed by atoms with Gasteiger partial charge in [-0.1, -0.05) is 12.1 Å². The maximum atomic E-state index is 11.1. The molecule has 7 nitrogen and oxygen atoms in total. The lowest BCUT2D eigenvalue weighted by Gasteiger charge is -2.00. The van der Waals surface area contributed by atoms with Crippen LogP contribution in [-0.4, -0.2) is 23.3 Å². The number of nitrogens with zero attached hydrogens (tertiary/aromatic N) is 1. The number of esters is 1. The summed E-state index contributed by atoms with van der Waals surface area (Å²) in [6.07, 6.45) is 0. The fourth-order valence-electron chi connectivity index (χ4n) is 1.67. The molecule has 0 heterocycles. The van der Waals surface area contributed by atoms with Crippen LogP contribution in [0.1, 0.15) is 34.6 Å². The molecule has 0 radical (unpaired) electrons. The highest BCUT2D eigenvalue weighted by Crippen LogP contribution is 2.13. The van der Waals surface area contributed by atoms with Gasteiger partial charge in [0, 0.05) is 23.4 Å². The average molecular weight is 330 g/mol. The number of nitro groups is 1. The maximum absolute atomic E-state index is 11.1. The third-order valence-corrected chi connectivity index (χ3v) is 2.89. The van der Waals surface area contributed by atoms with E-state index in [4.69, 9.17) is 10.5 Å². The summed E-state index contributed by atoms with van der Waals surface area (Å²) in [7, 11) is 0. The summed E-state index contributed by atoms with van der Waals surface area (Å²) in [5.41, 5.74) is 6.94. The van der Waals surface area contributed by atoms with Crippen LogP contribution in [0.3, 0.4) is 0 Å². The summed E-state index contributed by atoms with van der Waals surface area (Å²) in [4.78, 5) is 31.6. The van der Waals surface area contributed by atoms with E-state index in [9.17, 15) is 19.7 Å². The highest BCUT2D eigenvalue weighted by Gasteiger charge is 2.07. The van der Waals surface area contributed by atoms with Crippen LogP contribution in [0, 0.1) is 10.1 Å². The van der Waals surface area contributed by atoms with Gasteiger partial charge in [-0.05, 0) is 38.1 Å². The van der Waals surface area contributed by atoms with E-state index in [0.29, 0.717) is 23.4 Å². The molecule has 0 aromatic heterocycles. The molecule has 0 fully saturated rings. The van der Waals surface area contributed by atoms with Gasteiger partial charge in [0.25, 0.3) is 5.69 Å². The molecule has 0 aliphatic carbocycles. The zero-order valence-electron chi connectivity index (χ0n) is 13.4. The SMILES string of the molecule is CC(=O)c1cccc([N+](=O)[O-])c1.CCOC(=O)c1ccc(N)cc1. The molecule has 0 atom stereocenters. The van der Waals surface area contributed by atoms with Crippen LogP contribution in [0.25, 0.3) is 0 Å². The van der Waals surface area contributed by atoms with Crippen LogP contribution < -0.4 is 5.73 Å². The van der Waals surface area contributed by atoms with Gasteiger partial charge in [-0.3, -0.25) is 14.9 Å². The predicted octanol–water partition coefficient (Wildman–Crippen LogP) is 3.24. The molecule has 2 N–H and O–H groups in total. The van der Waals surface area contributed by atoms with Gasteiger partial charge >= 0.3 is 5.97 Å². The van der Waals surface area contributed by atoms with Crippen LogP contribution in [0.5, 0.6) is 0 Å². The van der Waals surface area contributed by atoms with Crippen molar-refractivity contribution in [2.24, 2.45) is 0 Å². The smallest absolute Gasteiger partial charge is 0.338 e. The summed E-state index contributed by atoms with van der Waals surface area (Å²) in [6.45, 7) is 3.54. The van der Waals surface area contributed by atoms with Crippen molar-refractivity contribution in [1.82, 2.24) is 0 Å². The second-order valence-electron chi connectivity index (χ2n) is 4.71. The van der Waals surface area contributed by atoms with Gasteiger partial charge in [0.15, 0.2) is 5.78 Å². The Bertz CT molecular complexity index is 697.